The van der Waals surface area contributed by atoms with Gasteiger partial charge in [-0.05, 0) is 42.8 Å². The molecule has 22 heavy (non-hydrogen) atoms. The number of furan rings is 1. The molecule has 0 aliphatic heterocycles. The van der Waals surface area contributed by atoms with Gasteiger partial charge in [-0.15, -0.1) is 11.3 Å². The number of halogens is 1. The van der Waals surface area contributed by atoms with Gasteiger partial charge in [-0.3, -0.25) is 0 Å². The van der Waals surface area contributed by atoms with Gasteiger partial charge in [-0.2, -0.15) is 0 Å². The topological polar surface area (TPSA) is 30.4 Å². The molecular formula is C17H17FN2OS. The number of aromatic nitrogens is 1. The van der Waals surface area contributed by atoms with Crippen LogP contribution in [0.4, 0.5) is 10.1 Å². The zero-order valence-corrected chi connectivity index (χ0v) is 13.1. The summed E-state index contributed by atoms with van der Waals surface area (Å²) in [5, 5.41) is 2.05. The maximum Gasteiger partial charge on any atom is 0.190 e. The molecule has 3 aromatic rings. The molecule has 0 aliphatic carbocycles. The molecule has 0 aliphatic rings. The predicted molar refractivity (Wildman–Crippen MR) is 86.5 cm³/mol. The van der Waals surface area contributed by atoms with Crippen LogP contribution < -0.4 is 4.80 Å². The summed E-state index contributed by atoms with van der Waals surface area (Å²) in [7, 11) is 0. The summed E-state index contributed by atoms with van der Waals surface area (Å²) in [4.78, 5) is 5.53. The molecule has 5 heteroatoms. The fraction of sp³-hybridized carbons (Fsp3) is 0.235. The second kappa shape index (κ2) is 6.75. The van der Waals surface area contributed by atoms with Gasteiger partial charge in [-0.25, -0.2) is 9.38 Å². The van der Waals surface area contributed by atoms with Gasteiger partial charge in [0.1, 0.15) is 5.82 Å². The summed E-state index contributed by atoms with van der Waals surface area (Å²) in [6, 6.07) is 10.1. The van der Waals surface area contributed by atoms with Crippen LogP contribution in [0.2, 0.25) is 0 Å². The molecule has 0 bridgehead atoms. The fourth-order valence-electron chi connectivity index (χ4n) is 2.20. The molecule has 114 valence electrons. The van der Waals surface area contributed by atoms with Gasteiger partial charge in [0.05, 0.1) is 17.6 Å². The maximum atomic E-state index is 13.0. The molecule has 3 rings (SSSR count). The van der Waals surface area contributed by atoms with Crippen molar-refractivity contribution >= 4 is 17.0 Å². The highest BCUT2D eigenvalue weighted by molar-refractivity contribution is 7.07. The molecule has 0 N–H and O–H groups in total. The first-order valence-corrected chi connectivity index (χ1v) is 8.18. The monoisotopic (exact) mass is 316 g/mol. The Morgan fingerprint density at radius 2 is 2.05 bits per heavy atom. The molecule has 3 nitrogen and oxygen atoms in total. The first-order valence-electron chi connectivity index (χ1n) is 7.30. The Balaban J connectivity index is 2.05. The van der Waals surface area contributed by atoms with Gasteiger partial charge in [0.15, 0.2) is 10.6 Å². The van der Waals surface area contributed by atoms with Gasteiger partial charge in [-0.1, -0.05) is 13.3 Å². The number of hydrogen-bond acceptors (Lipinski definition) is 3. The highest BCUT2D eigenvalue weighted by atomic mass is 32.1. The number of thiazole rings is 1. The van der Waals surface area contributed by atoms with Crippen LogP contribution in [0.15, 0.2) is 57.5 Å². The maximum absolute atomic E-state index is 13.0. The van der Waals surface area contributed by atoms with E-state index < -0.39 is 0 Å². The van der Waals surface area contributed by atoms with Crippen molar-refractivity contribution in [3.05, 3.63) is 58.7 Å². The Labute approximate surface area is 132 Å². The van der Waals surface area contributed by atoms with Gasteiger partial charge < -0.3 is 8.98 Å². The average molecular weight is 316 g/mol. The zero-order chi connectivity index (χ0) is 15.4. The molecule has 0 spiro atoms. The third kappa shape index (κ3) is 3.20. The van der Waals surface area contributed by atoms with Crippen LogP contribution in [0.25, 0.3) is 11.5 Å². The van der Waals surface area contributed by atoms with E-state index in [1.165, 1.54) is 12.1 Å². The SMILES string of the molecule is CCCCn1c(-c2ccco2)csc1=Nc1ccc(F)cc1. The molecule has 0 saturated carbocycles. The van der Waals surface area contributed by atoms with Crippen LogP contribution in [0.1, 0.15) is 19.8 Å². The van der Waals surface area contributed by atoms with Crippen molar-refractivity contribution in [2.45, 2.75) is 26.3 Å². The van der Waals surface area contributed by atoms with Crippen molar-refractivity contribution in [1.29, 1.82) is 0 Å². The highest BCUT2D eigenvalue weighted by Crippen LogP contribution is 2.21. The van der Waals surface area contributed by atoms with E-state index in [2.05, 4.69) is 21.9 Å². The molecule has 1 aromatic carbocycles. The van der Waals surface area contributed by atoms with E-state index in [9.17, 15) is 4.39 Å². The summed E-state index contributed by atoms with van der Waals surface area (Å²) in [5.74, 6) is 0.591. The molecule has 0 saturated heterocycles. The molecule has 0 unspecified atom stereocenters. The van der Waals surface area contributed by atoms with Gasteiger partial charge in [0, 0.05) is 11.9 Å². The van der Waals surface area contributed by atoms with Crippen LogP contribution >= 0.6 is 11.3 Å². The number of rotatable bonds is 5. The minimum atomic E-state index is -0.250. The van der Waals surface area contributed by atoms with E-state index in [0.29, 0.717) is 0 Å². The van der Waals surface area contributed by atoms with Crippen LogP contribution in [-0.2, 0) is 6.54 Å². The Hall–Kier alpha value is -2.14. The lowest BCUT2D eigenvalue weighted by Gasteiger charge is -2.06. The third-order valence-corrected chi connectivity index (χ3v) is 4.22. The van der Waals surface area contributed by atoms with Gasteiger partial charge in [0.25, 0.3) is 0 Å². The Bertz CT molecular complexity index is 785. The largest absolute Gasteiger partial charge is 0.463 e. The molecule has 2 aromatic heterocycles. The Morgan fingerprint density at radius 1 is 1.23 bits per heavy atom. The van der Waals surface area contributed by atoms with E-state index in [-0.39, 0.29) is 5.82 Å². The molecular weight excluding hydrogens is 299 g/mol. The highest BCUT2D eigenvalue weighted by Gasteiger charge is 2.10. The van der Waals surface area contributed by atoms with Crippen molar-refractivity contribution in [3.8, 4) is 11.5 Å². The zero-order valence-electron chi connectivity index (χ0n) is 12.3. The molecule has 0 radical (unpaired) electrons. The summed E-state index contributed by atoms with van der Waals surface area (Å²) in [6.07, 6.45) is 3.85. The van der Waals surface area contributed by atoms with Crippen molar-refractivity contribution in [2.24, 2.45) is 4.99 Å². The number of benzene rings is 1. The van der Waals surface area contributed by atoms with Crippen LogP contribution in [0.3, 0.4) is 0 Å². The summed E-state index contributed by atoms with van der Waals surface area (Å²) < 4.78 is 20.7. The van der Waals surface area contributed by atoms with Gasteiger partial charge in [0.2, 0.25) is 0 Å². The van der Waals surface area contributed by atoms with Crippen molar-refractivity contribution in [1.82, 2.24) is 4.57 Å². The lowest BCUT2D eigenvalue weighted by molar-refractivity contribution is 0.562. The fourth-order valence-corrected chi connectivity index (χ4v) is 3.13. The molecule has 2 heterocycles. The predicted octanol–water partition coefficient (Wildman–Crippen LogP) is 4.98. The third-order valence-electron chi connectivity index (χ3n) is 3.36. The normalized spacial score (nSPS) is 12.0. The Morgan fingerprint density at radius 3 is 2.73 bits per heavy atom. The average Bonchev–Trinajstić information content (AvgIpc) is 3.17. The van der Waals surface area contributed by atoms with Crippen LogP contribution in [-0.4, -0.2) is 4.57 Å². The minimum Gasteiger partial charge on any atom is -0.463 e. The summed E-state index contributed by atoms with van der Waals surface area (Å²) in [6.45, 7) is 3.05. The second-order valence-electron chi connectivity index (χ2n) is 4.97. The summed E-state index contributed by atoms with van der Waals surface area (Å²) >= 11 is 1.57. The van der Waals surface area contributed by atoms with E-state index in [4.69, 9.17) is 4.42 Å². The first kappa shape index (κ1) is 14.8. The lowest BCUT2D eigenvalue weighted by atomic mass is 10.3. The standard InChI is InChI=1S/C17H17FN2OS/c1-2-3-10-20-15(16-5-4-11-21-16)12-22-17(20)19-14-8-6-13(18)7-9-14/h4-9,11-12H,2-3,10H2,1H3. The first-order chi connectivity index (χ1) is 10.8. The number of hydrogen-bond donors (Lipinski definition) is 0. The smallest absolute Gasteiger partial charge is 0.190 e. The van der Waals surface area contributed by atoms with Crippen molar-refractivity contribution < 1.29 is 8.81 Å². The minimum absolute atomic E-state index is 0.250. The summed E-state index contributed by atoms with van der Waals surface area (Å²) in [5.41, 5.74) is 1.78. The van der Waals surface area contributed by atoms with E-state index in [1.807, 2.05) is 12.1 Å². The van der Waals surface area contributed by atoms with Crippen molar-refractivity contribution in [2.75, 3.05) is 0 Å². The lowest BCUT2D eigenvalue weighted by Crippen LogP contribution is -2.15. The second-order valence-corrected chi connectivity index (χ2v) is 5.81. The van der Waals surface area contributed by atoms with Gasteiger partial charge >= 0.3 is 0 Å². The van der Waals surface area contributed by atoms with E-state index >= 15 is 0 Å². The number of nitrogens with zero attached hydrogens (tertiary/aromatic N) is 2. The van der Waals surface area contributed by atoms with Crippen LogP contribution in [0, 0.1) is 5.82 Å². The molecule has 0 fully saturated rings. The van der Waals surface area contributed by atoms with Crippen molar-refractivity contribution in [3.63, 3.8) is 0 Å². The van der Waals surface area contributed by atoms with Crippen LogP contribution in [0.5, 0.6) is 0 Å². The molecule has 0 amide bonds. The number of unbranched alkanes of at least 4 members (excludes halogenated alkanes) is 1. The van der Waals surface area contributed by atoms with E-state index in [0.717, 1.165) is 41.3 Å². The van der Waals surface area contributed by atoms with E-state index in [1.54, 1.807) is 29.7 Å². The quantitative estimate of drug-likeness (QED) is 0.653. The Kier molecular flexibility index (Phi) is 4.53. The molecule has 0 atom stereocenters.